The van der Waals surface area contributed by atoms with Gasteiger partial charge in [-0.2, -0.15) is 5.26 Å². The van der Waals surface area contributed by atoms with Gasteiger partial charge in [0.15, 0.2) is 0 Å². The molecule has 1 aromatic carbocycles. The Balaban J connectivity index is 2.08. The lowest BCUT2D eigenvalue weighted by atomic mass is 9.93. The van der Waals surface area contributed by atoms with E-state index in [1.165, 1.54) is 0 Å². The first-order chi connectivity index (χ1) is 8.11. The summed E-state index contributed by atoms with van der Waals surface area (Å²) in [6, 6.07) is 10.2. The predicted molar refractivity (Wildman–Crippen MR) is 67.8 cm³/mol. The summed E-state index contributed by atoms with van der Waals surface area (Å²) in [7, 11) is 0. The molecule has 0 bridgehead atoms. The molecule has 0 aliphatic carbocycles. The van der Waals surface area contributed by atoms with Crippen molar-refractivity contribution in [3.63, 3.8) is 0 Å². The highest BCUT2D eigenvalue weighted by Crippen LogP contribution is 2.27. The fourth-order valence-electron chi connectivity index (χ4n) is 2.28. The zero-order valence-corrected chi connectivity index (χ0v) is 10.4. The van der Waals surface area contributed by atoms with Crippen molar-refractivity contribution < 1.29 is 4.74 Å². The van der Waals surface area contributed by atoms with Crippen molar-refractivity contribution >= 4 is 5.69 Å². The molecule has 0 radical (unpaired) electrons. The molecule has 1 aromatic rings. The van der Waals surface area contributed by atoms with Crippen LogP contribution in [0.5, 0.6) is 0 Å². The van der Waals surface area contributed by atoms with Crippen LogP contribution in [-0.4, -0.2) is 18.2 Å². The largest absolute Gasteiger partial charge is 0.381 e. The molecule has 90 valence electrons. The molecule has 1 aliphatic rings. The number of benzene rings is 1. The van der Waals surface area contributed by atoms with Gasteiger partial charge in [0.2, 0.25) is 0 Å². The van der Waals surface area contributed by atoms with Gasteiger partial charge in [-0.25, -0.2) is 0 Å². The van der Waals surface area contributed by atoms with Gasteiger partial charge in [-0.05, 0) is 38.8 Å². The molecule has 2 rings (SSSR count). The van der Waals surface area contributed by atoms with Crippen molar-refractivity contribution in [2.24, 2.45) is 0 Å². The normalized spacial score (nSPS) is 22.8. The van der Waals surface area contributed by atoms with Crippen LogP contribution in [0.2, 0.25) is 0 Å². The van der Waals surface area contributed by atoms with Crippen LogP contribution in [0.3, 0.4) is 0 Å². The number of anilines is 1. The summed E-state index contributed by atoms with van der Waals surface area (Å²) in [6.07, 6.45) is 1.95. The van der Waals surface area contributed by atoms with Gasteiger partial charge < -0.3 is 10.1 Å². The van der Waals surface area contributed by atoms with Crippen LogP contribution in [0.25, 0.3) is 0 Å². The first-order valence-corrected chi connectivity index (χ1v) is 6.00. The SMILES string of the molecule is CC1(C)CC(Nc2ccccc2C#N)CCO1. The summed E-state index contributed by atoms with van der Waals surface area (Å²) >= 11 is 0. The number of rotatable bonds is 2. The Bertz CT molecular complexity index is 434. The Morgan fingerprint density at radius 3 is 2.88 bits per heavy atom. The molecule has 1 N–H and O–H groups in total. The number of nitriles is 1. The smallest absolute Gasteiger partial charge is 0.101 e. The van der Waals surface area contributed by atoms with Gasteiger partial charge >= 0.3 is 0 Å². The van der Waals surface area contributed by atoms with Crippen molar-refractivity contribution in [3.05, 3.63) is 29.8 Å². The number of hydrogen-bond acceptors (Lipinski definition) is 3. The molecule has 1 aliphatic heterocycles. The van der Waals surface area contributed by atoms with Crippen LogP contribution in [0.15, 0.2) is 24.3 Å². The Hall–Kier alpha value is -1.53. The molecule has 0 saturated carbocycles. The molecule has 1 atom stereocenters. The van der Waals surface area contributed by atoms with Gasteiger partial charge in [-0.3, -0.25) is 0 Å². The van der Waals surface area contributed by atoms with Gasteiger partial charge in [0, 0.05) is 12.6 Å². The monoisotopic (exact) mass is 230 g/mol. The third-order valence-corrected chi connectivity index (χ3v) is 3.10. The highest BCUT2D eigenvalue weighted by atomic mass is 16.5. The summed E-state index contributed by atoms with van der Waals surface area (Å²) in [4.78, 5) is 0. The molecule has 0 spiro atoms. The van der Waals surface area contributed by atoms with E-state index < -0.39 is 0 Å². The molecule has 3 heteroatoms. The number of ether oxygens (including phenoxy) is 1. The van der Waals surface area contributed by atoms with E-state index in [0.29, 0.717) is 11.6 Å². The third kappa shape index (κ3) is 2.98. The summed E-state index contributed by atoms with van der Waals surface area (Å²) in [5.74, 6) is 0. The summed E-state index contributed by atoms with van der Waals surface area (Å²) in [5, 5.41) is 12.5. The van der Waals surface area contributed by atoms with Crippen LogP contribution in [0.4, 0.5) is 5.69 Å². The fourth-order valence-corrected chi connectivity index (χ4v) is 2.28. The molecule has 1 saturated heterocycles. The highest BCUT2D eigenvalue weighted by molar-refractivity contribution is 5.57. The van der Waals surface area contributed by atoms with Crippen molar-refractivity contribution in [3.8, 4) is 6.07 Å². The fraction of sp³-hybridized carbons (Fsp3) is 0.500. The molecule has 3 nitrogen and oxygen atoms in total. The minimum Gasteiger partial charge on any atom is -0.381 e. The standard InChI is InChI=1S/C14H18N2O/c1-14(2)9-12(7-8-17-14)16-13-6-4-3-5-11(13)10-15/h3-6,12,16H,7-9H2,1-2H3. The maximum atomic E-state index is 9.04. The summed E-state index contributed by atoms with van der Waals surface area (Å²) < 4.78 is 5.68. The first kappa shape index (κ1) is 11.9. The zero-order valence-electron chi connectivity index (χ0n) is 10.4. The van der Waals surface area contributed by atoms with Crippen LogP contribution < -0.4 is 5.32 Å². The van der Waals surface area contributed by atoms with Gasteiger partial charge in [0.1, 0.15) is 6.07 Å². The van der Waals surface area contributed by atoms with E-state index in [2.05, 4.69) is 25.2 Å². The summed E-state index contributed by atoms with van der Waals surface area (Å²) in [5.41, 5.74) is 1.56. The Morgan fingerprint density at radius 1 is 1.41 bits per heavy atom. The minimum atomic E-state index is -0.0719. The molecule has 17 heavy (non-hydrogen) atoms. The van der Waals surface area contributed by atoms with Crippen molar-refractivity contribution in [1.82, 2.24) is 0 Å². The Labute approximate surface area is 102 Å². The number of nitrogens with one attached hydrogen (secondary N) is 1. The zero-order chi connectivity index (χ0) is 12.3. The Kier molecular flexibility index (Phi) is 3.35. The predicted octanol–water partition coefficient (Wildman–Crippen LogP) is 2.93. The average Bonchev–Trinajstić information content (AvgIpc) is 2.28. The van der Waals surface area contributed by atoms with Gasteiger partial charge in [0.25, 0.3) is 0 Å². The van der Waals surface area contributed by atoms with E-state index in [1.54, 1.807) is 0 Å². The molecule has 0 amide bonds. The molecular formula is C14H18N2O. The van der Waals surface area contributed by atoms with Crippen molar-refractivity contribution in [1.29, 1.82) is 5.26 Å². The van der Waals surface area contributed by atoms with E-state index in [4.69, 9.17) is 10.00 Å². The molecule has 0 aromatic heterocycles. The molecular weight excluding hydrogens is 212 g/mol. The van der Waals surface area contributed by atoms with Crippen molar-refractivity contribution in [2.75, 3.05) is 11.9 Å². The topological polar surface area (TPSA) is 45.0 Å². The highest BCUT2D eigenvalue weighted by Gasteiger charge is 2.28. The van der Waals surface area contributed by atoms with Gasteiger partial charge in [-0.15, -0.1) is 0 Å². The van der Waals surface area contributed by atoms with E-state index in [9.17, 15) is 0 Å². The molecule has 1 fully saturated rings. The lowest BCUT2D eigenvalue weighted by Crippen LogP contribution is -2.40. The number of nitrogens with zero attached hydrogens (tertiary/aromatic N) is 1. The summed E-state index contributed by atoms with van der Waals surface area (Å²) in [6.45, 7) is 4.99. The second-order valence-electron chi connectivity index (χ2n) is 5.10. The second-order valence-corrected chi connectivity index (χ2v) is 5.10. The number of hydrogen-bond donors (Lipinski definition) is 1. The van der Waals surface area contributed by atoms with Crippen LogP contribution >= 0.6 is 0 Å². The van der Waals surface area contributed by atoms with Crippen LogP contribution in [0, 0.1) is 11.3 Å². The third-order valence-electron chi connectivity index (χ3n) is 3.10. The van der Waals surface area contributed by atoms with Gasteiger partial charge in [0.05, 0.1) is 16.9 Å². The molecule has 1 unspecified atom stereocenters. The first-order valence-electron chi connectivity index (χ1n) is 6.00. The van der Waals surface area contributed by atoms with Crippen molar-refractivity contribution in [2.45, 2.75) is 38.3 Å². The van der Waals surface area contributed by atoms with E-state index in [0.717, 1.165) is 25.1 Å². The molecule has 1 heterocycles. The average molecular weight is 230 g/mol. The van der Waals surface area contributed by atoms with E-state index in [-0.39, 0.29) is 5.60 Å². The second kappa shape index (κ2) is 4.77. The van der Waals surface area contributed by atoms with Gasteiger partial charge in [-0.1, -0.05) is 12.1 Å². The van der Waals surface area contributed by atoms with Crippen LogP contribution in [0.1, 0.15) is 32.3 Å². The van der Waals surface area contributed by atoms with Crippen LogP contribution in [-0.2, 0) is 4.74 Å². The maximum Gasteiger partial charge on any atom is 0.101 e. The van der Waals surface area contributed by atoms with E-state index >= 15 is 0 Å². The van der Waals surface area contributed by atoms with E-state index in [1.807, 2.05) is 24.3 Å². The maximum absolute atomic E-state index is 9.04. The number of para-hydroxylation sites is 1. The lowest BCUT2D eigenvalue weighted by molar-refractivity contribution is -0.0553. The quantitative estimate of drug-likeness (QED) is 0.849. The Morgan fingerprint density at radius 2 is 2.18 bits per heavy atom. The lowest BCUT2D eigenvalue weighted by Gasteiger charge is -2.36. The minimum absolute atomic E-state index is 0.0719.